The topological polar surface area (TPSA) is 33.5 Å². The van der Waals surface area contributed by atoms with E-state index >= 15 is 0 Å². The molecule has 3 nitrogen and oxygen atoms in total. The molecule has 0 unspecified atom stereocenters. The quantitative estimate of drug-likeness (QED) is 0.608. The molecule has 58 valence electrons. The molecule has 2 heterocycles. The molecular weight excluding hydrogens is 142 g/mol. The molecule has 3 heteroatoms. The van der Waals surface area contributed by atoms with Gasteiger partial charge in [-0.3, -0.25) is 9.69 Å². The Morgan fingerprint density at radius 3 is 3.00 bits per heavy atom. The highest BCUT2D eigenvalue weighted by Gasteiger charge is 2.22. The lowest BCUT2D eigenvalue weighted by Crippen LogP contribution is -2.22. The molecule has 1 amide bonds. The molecule has 0 radical (unpaired) electrons. The fourth-order valence-corrected chi connectivity index (χ4v) is 1.30. The second kappa shape index (κ2) is 2.42. The van der Waals surface area contributed by atoms with Crippen LogP contribution in [0.5, 0.6) is 0 Å². The van der Waals surface area contributed by atoms with Crippen molar-refractivity contribution < 1.29 is 9.21 Å². The zero-order chi connectivity index (χ0) is 7.68. The van der Waals surface area contributed by atoms with Crippen LogP contribution in [0.1, 0.15) is 12.8 Å². The lowest BCUT2D eigenvalue weighted by molar-refractivity contribution is -0.117. The Bertz CT molecular complexity index is 253. The Balaban J connectivity index is 2.23. The third kappa shape index (κ3) is 1.02. The van der Waals surface area contributed by atoms with E-state index in [1.807, 2.05) is 6.07 Å². The highest BCUT2D eigenvalue weighted by atomic mass is 16.3. The predicted octanol–water partition coefficient (Wildman–Crippen LogP) is 1.41. The van der Waals surface area contributed by atoms with Crippen molar-refractivity contribution in [3.63, 3.8) is 0 Å². The molecule has 1 aliphatic rings. The standard InChI is InChI=1S/C8H9NO2/c10-7-3-1-5-9(7)8-4-2-6-11-8/h2,4,6H,1,3,5H2. The minimum atomic E-state index is 0.167. The summed E-state index contributed by atoms with van der Waals surface area (Å²) >= 11 is 0. The fourth-order valence-electron chi connectivity index (χ4n) is 1.30. The zero-order valence-electron chi connectivity index (χ0n) is 6.12. The molecule has 11 heavy (non-hydrogen) atoms. The maximum Gasteiger partial charge on any atom is 0.229 e. The van der Waals surface area contributed by atoms with Crippen LogP contribution in [0.3, 0.4) is 0 Å². The highest BCUT2D eigenvalue weighted by Crippen LogP contribution is 2.20. The Kier molecular flexibility index (Phi) is 1.42. The number of rotatable bonds is 1. The van der Waals surface area contributed by atoms with Crippen molar-refractivity contribution in [2.75, 3.05) is 11.4 Å². The summed E-state index contributed by atoms with van der Waals surface area (Å²) in [5.74, 6) is 0.840. The van der Waals surface area contributed by atoms with E-state index < -0.39 is 0 Å². The van der Waals surface area contributed by atoms with Crippen molar-refractivity contribution in [3.8, 4) is 0 Å². The van der Waals surface area contributed by atoms with E-state index in [1.54, 1.807) is 17.2 Å². The summed E-state index contributed by atoms with van der Waals surface area (Å²) in [7, 11) is 0. The van der Waals surface area contributed by atoms with Crippen LogP contribution in [0.25, 0.3) is 0 Å². The lowest BCUT2D eigenvalue weighted by atomic mass is 10.4. The average molecular weight is 151 g/mol. The van der Waals surface area contributed by atoms with Gasteiger partial charge in [-0.2, -0.15) is 0 Å². The van der Waals surface area contributed by atoms with Gasteiger partial charge in [-0.15, -0.1) is 0 Å². The molecule has 1 fully saturated rings. The number of furan rings is 1. The molecule has 0 aliphatic carbocycles. The Labute approximate surface area is 64.6 Å². The predicted molar refractivity (Wildman–Crippen MR) is 40.3 cm³/mol. The van der Waals surface area contributed by atoms with Gasteiger partial charge in [-0.05, 0) is 12.5 Å². The summed E-state index contributed by atoms with van der Waals surface area (Å²) in [6, 6.07) is 3.60. The molecule has 1 aromatic rings. The van der Waals surface area contributed by atoms with Crippen molar-refractivity contribution in [1.29, 1.82) is 0 Å². The first-order valence-corrected chi connectivity index (χ1v) is 3.72. The Morgan fingerprint density at radius 1 is 1.55 bits per heavy atom. The van der Waals surface area contributed by atoms with Gasteiger partial charge in [0.25, 0.3) is 0 Å². The number of carbonyl (C=O) groups is 1. The molecule has 0 aromatic carbocycles. The molecule has 0 saturated carbocycles. The summed E-state index contributed by atoms with van der Waals surface area (Å²) in [4.78, 5) is 12.8. The van der Waals surface area contributed by atoms with Gasteiger partial charge in [0.15, 0.2) is 0 Å². The summed E-state index contributed by atoms with van der Waals surface area (Å²) in [5, 5.41) is 0. The number of nitrogens with zero attached hydrogens (tertiary/aromatic N) is 1. The van der Waals surface area contributed by atoms with Crippen LogP contribution in [0, 0.1) is 0 Å². The van der Waals surface area contributed by atoms with Gasteiger partial charge in [0.2, 0.25) is 11.8 Å². The van der Waals surface area contributed by atoms with Crippen LogP contribution in [-0.4, -0.2) is 12.5 Å². The molecule has 1 aliphatic heterocycles. The zero-order valence-corrected chi connectivity index (χ0v) is 6.12. The van der Waals surface area contributed by atoms with Gasteiger partial charge >= 0.3 is 0 Å². The molecule has 2 rings (SSSR count). The van der Waals surface area contributed by atoms with Crippen molar-refractivity contribution in [2.45, 2.75) is 12.8 Å². The molecule has 0 spiro atoms. The lowest BCUT2D eigenvalue weighted by Gasteiger charge is -2.10. The minimum Gasteiger partial charge on any atom is -0.448 e. The van der Waals surface area contributed by atoms with Crippen LogP contribution in [0.4, 0.5) is 5.88 Å². The molecule has 0 bridgehead atoms. The van der Waals surface area contributed by atoms with E-state index in [-0.39, 0.29) is 5.91 Å². The van der Waals surface area contributed by atoms with Crippen molar-refractivity contribution in [1.82, 2.24) is 0 Å². The number of hydrogen-bond acceptors (Lipinski definition) is 2. The molecule has 0 N–H and O–H groups in total. The number of anilines is 1. The van der Waals surface area contributed by atoms with E-state index in [0.717, 1.165) is 13.0 Å². The molecule has 1 aromatic heterocycles. The van der Waals surface area contributed by atoms with E-state index in [9.17, 15) is 4.79 Å². The van der Waals surface area contributed by atoms with E-state index in [4.69, 9.17) is 4.42 Å². The van der Waals surface area contributed by atoms with Gasteiger partial charge in [0.1, 0.15) is 0 Å². The van der Waals surface area contributed by atoms with Gasteiger partial charge in [0.05, 0.1) is 6.26 Å². The summed E-state index contributed by atoms with van der Waals surface area (Å²) in [6.07, 6.45) is 3.18. The second-order valence-corrected chi connectivity index (χ2v) is 2.60. The Hall–Kier alpha value is -1.25. The van der Waals surface area contributed by atoms with Crippen LogP contribution in [0.2, 0.25) is 0 Å². The smallest absolute Gasteiger partial charge is 0.229 e. The molecule has 1 saturated heterocycles. The summed E-state index contributed by atoms with van der Waals surface area (Å²) < 4.78 is 5.09. The van der Waals surface area contributed by atoms with Gasteiger partial charge in [0, 0.05) is 19.0 Å². The third-order valence-electron chi connectivity index (χ3n) is 1.85. The number of amides is 1. The first kappa shape index (κ1) is 6.46. The summed E-state index contributed by atoms with van der Waals surface area (Å²) in [5.41, 5.74) is 0. The maximum absolute atomic E-state index is 11.1. The monoisotopic (exact) mass is 151 g/mol. The van der Waals surface area contributed by atoms with Gasteiger partial charge < -0.3 is 4.42 Å². The maximum atomic E-state index is 11.1. The van der Waals surface area contributed by atoms with E-state index in [2.05, 4.69) is 0 Å². The van der Waals surface area contributed by atoms with Crippen molar-refractivity contribution in [3.05, 3.63) is 18.4 Å². The third-order valence-corrected chi connectivity index (χ3v) is 1.85. The normalized spacial score (nSPS) is 17.8. The van der Waals surface area contributed by atoms with Crippen LogP contribution < -0.4 is 4.90 Å². The average Bonchev–Trinajstić information content (AvgIpc) is 2.55. The van der Waals surface area contributed by atoms with Crippen LogP contribution >= 0.6 is 0 Å². The summed E-state index contributed by atoms with van der Waals surface area (Å²) in [6.45, 7) is 0.798. The SMILES string of the molecule is O=C1CCCN1c1ccco1. The molecular formula is C8H9NO2. The molecule has 0 atom stereocenters. The van der Waals surface area contributed by atoms with Crippen LogP contribution in [0.15, 0.2) is 22.8 Å². The number of carbonyl (C=O) groups excluding carboxylic acids is 1. The second-order valence-electron chi connectivity index (χ2n) is 2.60. The Morgan fingerprint density at radius 2 is 2.45 bits per heavy atom. The van der Waals surface area contributed by atoms with Crippen molar-refractivity contribution in [2.24, 2.45) is 0 Å². The minimum absolute atomic E-state index is 0.167. The largest absolute Gasteiger partial charge is 0.448 e. The fraction of sp³-hybridized carbons (Fsp3) is 0.375. The first-order valence-electron chi connectivity index (χ1n) is 3.72. The van der Waals surface area contributed by atoms with E-state index in [1.165, 1.54) is 0 Å². The highest BCUT2D eigenvalue weighted by molar-refractivity contribution is 5.93. The number of hydrogen-bond donors (Lipinski definition) is 0. The van der Waals surface area contributed by atoms with E-state index in [0.29, 0.717) is 12.3 Å². The van der Waals surface area contributed by atoms with Gasteiger partial charge in [-0.25, -0.2) is 0 Å². The van der Waals surface area contributed by atoms with Gasteiger partial charge in [-0.1, -0.05) is 0 Å². The first-order chi connectivity index (χ1) is 5.38. The van der Waals surface area contributed by atoms with Crippen molar-refractivity contribution >= 4 is 11.8 Å². The van der Waals surface area contributed by atoms with Crippen LogP contribution in [-0.2, 0) is 4.79 Å².